The number of H-pyrrole nitrogens is 1. The molecule has 8 nitrogen and oxygen atoms in total. The van der Waals surface area contributed by atoms with E-state index in [0.29, 0.717) is 37.3 Å². The monoisotopic (exact) mass is 407 g/mol. The second-order valence-corrected chi connectivity index (χ2v) is 7.60. The van der Waals surface area contributed by atoms with E-state index in [0.717, 1.165) is 34.7 Å². The van der Waals surface area contributed by atoms with Gasteiger partial charge in [0, 0.05) is 48.8 Å². The number of hydrogen-bond acceptors (Lipinski definition) is 4. The number of benzene rings is 1. The summed E-state index contributed by atoms with van der Waals surface area (Å²) in [6, 6.07) is 7.54. The Bertz CT molecular complexity index is 1050. The molecule has 8 heteroatoms. The number of carbonyl (C=O) groups excluding carboxylic acids is 3. The van der Waals surface area contributed by atoms with E-state index in [1.165, 1.54) is 0 Å². The fourth-order valence-electron chi connectivity index (χ4n) is 3.98. The molecule has 0 spiro atoms. The van der Waals surface area contributed by atoms with Crippen molar-refractivity contribution in [3.63, 3.8) is 0 Å². The second-order valence-electron chi connectivity index (χ2n) is 7.60. The third-order valence-corrected chi connectivity index (χ3v) is 5.53. The Morgan fingerprint density at radius 1 is 1.23 bits per heavy atom. The molecule has 3 heterocycles. The van der Waals surface area contributed by atoms with E-state index >= 15 is 0 Å². The number of hydrogen-bond donors (Lipinski definition) is 4. The highest BCUT2D eigenvalue weighted by molar-refractivity contribution is 6.34. The van der Waals surface area contributed by atoms with Crippen molar-refractivity contribution in [2.75, 3.05) is 38.0 Å². The number of carbonyl (C=O) groups is 3. The average Bonchev–Trinajstić information content (AvgIpc) is 3.17. The summed E-state index contributed by atoms with van der Waals surface area (Å²) in [5.74, 6) is -0.303. The van der Waals surface area contributed by atoms with Crippen molar-refractivity contribution < 1.29 is 14.4 Å². The minimum absolute atomic E-state index is 0.0140. The fourth-order valence-corrected chi connectivity index (χ4v) is 3.98. The van der Waals surface area contributed by atoms with Gasteiger partial charge in [-0.2, -0.15) is 0 Å². The van der Waals surface area contributed by atoms with Crippen molar-refractivity contribution in [1.82, 2.24) is 20.5 Å². The number of fused-ring (bicyclic) bond motifs is 1. The molecule has 0 saturated carbocycles. The molecule has 2 aromatic rings. The number of rotatable bonds is 5. The minimum atomic E-state index is -0.163. The van der Waals surface area contributed by atoms with Gasteiger partial charge < -0.3 is 20.9 Å². The van der Waals surface area contributed by atoms with Gasteiger partial charge in [-0.05, 0) is 31.6 Å². The van der Waals surface area contributed by atoms with Gasteiger partial charge >= 0.3 is 0 Å². The van der Waals surface area contributed by atoms with E-state index in [4.69, 9.17) is 0 Å². The maximum Gasteiger partial charge on any atom is 0.256 e. The summed E-state index contributed by atoms with van der Waals surface area (Å²) in [6.45, 7) is 6.58. The zero-order chi connectivity index (χ0) is 21.3. The van der Waals surface area contributed by atoms with Gasteiger partial charge in [0.2, 0.25) is 5.91 Å². The van der Waals surface area contributed by atoms with Crippen LogP contribution in [-0.4, -0.2) is 60.3 Å². The van der Waals surface area contributed by atoms with Crippen LogP contribution in [0.5, 0.6) is 0 Å². The number of anilines is 1. The van der Waals surface area contributed by atoms with Crippen LogP contribution in [0.25, 0.3) is 11.6 Å². The number of aryl methyl sites for hydroxylation is 1. The SMILES string of the molecule is Cc1[nH]c(/C=C2\C(=O)Nc3ccccc32)c(C)c1C(=O)NCCN1CCNC(=O)C1. The predicted molar refractivity (Wildman–Crippen MR) is 115 cm³/mol. The first-order chi connectivity index (χ1) is 14.4. The normalized spacial score (nSPS) is 17.6. The van der Waals surface area contributed by atoms with Crippen LogP contribution in [0.15, 0.2) is 24.3 Å². The largest absolute Gasteiger partial charge is 0.358 e. The Morgan fingerprint density at radius 3 is 2.83 bits per heavy atom. The van der Waals surface area contributed by atoms with E-state index in [1.807, 2.05) is 43.0 Å². The lowest BCUT2D eigenvalue weighted by atomic mass is 10.0. The number of para-hydroxylation sites is 1. The van der Waals surface area contributed by atoms with Crippen LogP contribution >= 0.6 is 0 Å². The number of aromatic nitrogens is 1. The van der Waals surface area contributed by atoms with E-state index in [-0.39, 0.29) is 17.7 Å². The van der Waals surface area contributed by atoms with Gasteiger partial charge in [0.05, 0.1) is 17.7 Å². The molecule has 0 unspecified atom stereocenters. The molecule has 1 fully saturated rings. The highest BCUT2D eigenvalue weighted by Crippen LogP contribution is 2.33. The second kappa shape index (κ2) is 8.16. The first-order valence-corrected chi connectivity index (χ1v) is 10.0. The number of amides is 3. The molecule has 30 heavy (non-hydrogen) atoms. The molecule has 0 atom stereocenters. The van der Waals surface area contributed by atoms with Crippen LogP contribution in [0, 0.1) is 13.8 Å². The number of nitrogens with zero attached hydrogens (tertiary/aromatic N) is 1. The predicted octanol–water partition coefficient (Wildman–Crippen LogP) is 1.29. The molecule has 0 aliphatic carbocycles. The van der Waals surface area contributed by atoms with Crippen LogP contribution in [-0.2, 0) is 9.59 Å². The summed E-state index contributed by atoms with van der Waals surface area (Å²) < 4.78 is 0. The Morgan fingerprint density at radius 2 is 2.03 bits per heavy atom. The maximum absolute atomic E-state index is 12.8. The van der Waals surface area contributed by atoms with Crippen molar-refractivity contribution in [1.29, 1.82) is 0 Å². The van der Waals surface area contributed by atoms with E-state index in [9.17, 15) is 14.4 Å². The Kier molecular flexibility index (Phi) is 5.41. The fraction of sp³-hybridized carbons (Fsp3) is 0.318. The van der Waals surface area contributed by atoms with Crippen LogP contribution in [0.2, 0.25) is 0 Å². The topological polar surface area (TPSA) is 106 Å². The summed E-state index contributed by atoms with van der Waals surface area (Å²) in [5.41, 5.74) is 5.10. The standard InChI is InChI=1S/C22H25N5O3/c1-13-18(11-16-15-5-3-4-6-17(15)26-21(16)29)25-14(2)20(13)22(30)24-8-10-27-9-7-23-19(28)12-27/h3-6,11,25H,7-10,12H2,1-2H3,(H,23,28)(H,24,30)(H,26,29)/b16-11-. The molecule has 1 saturated heterocycles. The van der Waals surface area contributed by atoms with Crippen molar-refractivity contribution in [2.45, 2.75) is 13.8 Å². The molecule has 0 bridgehead atoms. The van der Waals surface area contributed by atoms with Gasteiger partial charge in [-0.3, -0.25) is 19.3 Å². The van der Waals surface area contributed by atoms with Crippen LogP contribution in [0.3, 0.4) is 0 Å². The highest BCUT2D eigenvalue weighted by atomic mass is 16.2. The van der Waals surface area contributed by atoms with Gasteiger partial charge in [0.1, 0.15) is 0 Å². The van der Waals surface area contributed by atoms with Crippen molar-refractivity contribution in [3.8, 4) is 0 Å². The van der Waals surface area contributed by atoms with Gasteiger partial charge in [-0.1, -0.05) is 18.2 Å². The van der Waals surface area contributed by atoms with Gasteiger partial charge in [0.25, 0.3) is 11.8 Å². The maximum atomic E-state index is 12.8. The molecule has 2 aliphatic heterocycles. The average molecular weight is 407 g/mol. The minimum Gasteiger partial charge on any atom is -0.358 e. The van der Waals surface area contributed by atoms with Crippen LogP contribution in [0.4, 0.5) is 5.69 Å². The van der Waals surface area contributed by atoms with Crippen molar-refractivity contribution >= 4 is 35.1 Å². The molecule has 0 radical (unpaired) electrons. The highest BCUT2D eigenvalue weighted by Gasteiger charge is 2.25. The van der Waals surface area contributed by atoms with Gasteiger partial charge in [0.15, 0.2) is 0 Å². The first kappa shape index (κ1) is 19.9. The Hall–Kier alpha value is -3.39. The molecule has 2 aliphatic rings. The van der Waals surface area contributed by atoms with E-state index in [1.54, 1.807) is 6.08 Å². The smallest absolute Gasteiger partial charge is 0.256 e. The van der Waals surface area contributed by atoms with Crippen LogP contribution in [0.1, 0.15) is 32.9 Å². The van der Waals surface area contributed by atoms with E-state index < -0.39 is 0 Å². The van der Waals surface area contributed by atoms with Crippen LogP contribution < -0.4 is 16.0 Å². The molecule has 1 aromatic carbocycles. The lowest BCUT2D eigenvalue weighted by molar-refractivity contribution is -0.124. The molecule has 1 aromatic heterocycles. The summed E-state index contributed by atoms with van der Waals surface area (Å²) in [5, 5.41) is 8.59. The summed E-state index contributed by atoms with van der Waals surface area (Å²) in [7, 11) is 0. The Balaban J connectivity index is 1.48. The summed E-state index contributed by atoms with van der Waals surface area (Å²) in [6.07, 6.45) is 1.80. The molecule has 4 N–H and O–H groups in total. The summed E-state index contributed by atoms with van der Waals surface area (Å²) in [4.78, 5) is 41.9. The first-order valence-electron chi connectivity index (χ1n) is 10.0. The third-order valence-electron chi connectivity index (χ3n) is 5.53. The number of piperazine rings is 1. The third kappa shape index (κ3) is 3.86. The molecular formula is C22H25N5O3. The van der Waals surface area contributed by atoms with Crippen molar-refractivity contribution in [2.24, 2.45) is 0 Å². The quantitative estimate of drug-likeness (QED) is 0.560. The lowest BCUT2D eigenvalue weighted by Crippen LogP contribution is -2.49. The Labute approximate surface area is 174 Å². The summed E-state index contributed by atoms with van der Waals surface area (Å²) >= 11 is 0. The zero-order valence-electron chi connectivity index (χ0n) is 17.1. The van der Waals surface area contributed by atoms with Gasteiger partial charge in [-0.15, -0.1) is 0 Å². The zero-order valence-corrected chi connectivity index (χ0v) is 17.1. The molecule has 156 valence electrons. The number of aromatic amines is 1. The van der Waals surface area contributed by atoms with Gasteiger partial charge in [-0.25, -0.2) is 0 Å². The molecular weight excluding hydrogens is 382 g/mol. The van der Waals surface area contributed by atoms with Crippen molar-refractivity contribution in [3.05, 3.63) is 52.3 Å². The molecule has 3 amide bonds. The molecule has 4 rings (SSSR count). The lowest BCUT2D eigenvalue weighted by Gasteiger charge is -2.26. The number of nitrogens with one attached hydrogen (secondary N) is 4. The van der Waals surface area contributed by atoms with E-state index in [2.05, 4.69) is 20.9 Å².